The third-order valence-electron chi connectivity index (χ3n) is 6.92. The van der Waals surface area contributed by atoms with E-state index < -0.39 is 34.1 Å². The Morgan fingerprint density at radius 2 is 1.86 bits per heavy atom. The highest BCUT2D eigenvalue weighted by molar-refractivity contribution is 7.92. The number of rotatable bonds is 9. The lowest BCUT2D eigenvalue weighted by Gasteiger charge is -2.22. The summed E-state index contributed by atoms with van der Waals surface area (Å²) in [6, 6.07) is 15.7. The van der Waals surface area contributed by atoms with Crippen molar-refractivity contribution in [2.24, 2.45) is 5.92 Å². The lowest BCUT2D eigenvalue weighted by molar-refractivity contribution is -0.155. The minimum absolute atomic E-state index is 0.00590. The summed E-state index contributed by atoms with van der Waals surface area (Å²) in [5, 5.41) is 0.606. The van der Waals surface area contributed by atoms with Gasteiger partial charge in [0.2, 0.25) is 0 Å². The SMILES string of the molecule is CC(C)(C)OC(=O)CN1CC[C@@H](COc2ccc3cc(OCc4ccccc4)c(N4CC(=O)NS4(=O)=O)c(F)c3c2)C1. The number of fused-ring (bicyclic) bond motifs is 1. The fourth-order valence-electron chi connectivity index (χ4n) is 5.07. The second-order valence-corrected chi connectivity index (χ2v) is 13.1. The molecule has 3 aromatic carbocycles. The van der Waals surface area contributed by atoms with E-state index in [1.165, 1.54) is 6.07 Å². The van der Waals surface area contributed by atoms with Crippen LogP contribution in [0.3, 0.4) is 0 Å². The number of amides is 1. The molecule has 3 aromatic rings. The van der Waals surface area contributed by atoms with Crippen LogP contribution in [0.5, 0.6) is 11.5 Å². The van der Waals surface area contributed by atoms with Crippen LogP contribution in [0.2, 0.25) is 0 Å². The van der Waals surface area contributed by atoms with Gasteiger partial charge in [-0.25, -0.2) is 13.4 Å². The van der Waals surface area contributed by atoms with Crippen LogP contribution in [0.1, 0.15) is 32.8 Å². The lowest BCUT2D eigenvalue weighted by Crippen LogP contribution is -2.34. The van der Waals surface area contributed by atoms with Crippen LogP contribution in [0, 0.1) is 11.7 Å². The standard InChI is InChI=1S/C30H34FN3O7S/c1-30(2,3)41-27(36)17-33-12-11-21(15-33)19-39-23-10-9-22-13-25(40-18-20-7-5-4-6-8-20)29(28(31)24(22)14-23)34-16-26(35)32-42(34,37)38/h4-10,13-14,21H,11-12,15-19H2,1-3H3,(H,32,35)/t21-/m1/s1. The molecule has 0 radical (unpaired) electrons. The minimum Gasteiger partial charge on any atom is -0.493 e. The number of carbonyl (C=O) groups excluding carboxylic acids is 2. The van der Waals surface area contributed by atoms with E-state index in [1.54, 1.807) is 18.2 Å². The summed E-state index contributed by atoms with van der Waals surface area (Å²) in [7, 11) is -4.30. The second kappa shape index (κ2) is 11.8. The number of nitrogens with zero attached hydrogens (tertiary/aromatic N) is 2. The molecule has 0 spiro atoms. The molecule has 0 bridgehead atoms. The van der Waals surface area contributed by atoms with Crippen LogP contribution in [0.15, 0.2) is 54.6 Å². The van der Waals surface area contributed by atoms with Crippen LogP contribution in [0.4, 0.5) is 10.1 Å². The number of hydrogen-bond donors (Lipinski definition) is 1. The normalized spacial score (nSPS) is 18.7. The minimum atomic E-state index is -4.30. The Hall–Kier alpha value is -3.90. The van der Waals surface area contributed by atoms with Crippen LogP contribution in [-0.2, 0) is 31.1 Å². The Morgan fingerprint density at radius 3 is 2.55 bits per heavy atom. The molecule has 0 aliphatic carbocycles. The third-order valence-corrected chi connectivity index (χ3v) is 8.30. The number of benzene rings is 3. The second-order valence-electron chi connectivity index (χ2n) is 11.5. The Kier molecular flexibility index (Phi) is 8.29. The van der Waals surface area contributed by atoms with Gasteiger partial charge in [-0.1, -0.05) is 36.4 Å². The van der Waals surface area contributed by atoms with E-state index in [1.807, 2.05) is 60.7 Å². The predicted molar refractivity (Wildman–Crippen MR) is 155 cm³/mol. The molecule has 2 fully saturated rings. The highest BCUT2D eigenvalue weighted by atomic mass is 32.2. The molecular formula is C30H34FN3O7S. The summed E-state index contributed by atoms with van der Waals surface area (Å²) in [5.41, 5.74) is -0.0742. The Bertz CT molecular complexity index is 1590. The molecule has 224 valence electrons. The van der Waals surface area contributed by atoms with Crippen molar-refractivity contribution >= 4 is 38.5 Å². The van der Waals surface area contributed by atoms with Gasteiger partial charge < -0.3 is 14.2 Å². The van der Waals surface area contributed by atoms with Crippen molar-refractivity contribution in [1.82, 2.24) is 9.62 Å². The first-order valence-electron chi connectivity index (χ1n) is 13.7. The van der Waals surface area contributed by atoms with Crippen LogP contribution in [-0.4, -0.2) is 63.6 Å². The zero-order valence-electron chi connectivity index (χ0n) is 23.8. The van der Waals surface area contributed by atoms with Crippen LogP contribution >= 0.6 is 0 Å². The van der Waals surface area contributed by atoms with Crippen molar-refractivity contribution in [2.45, 2.75) is 39.4 Å². The molecule has 1 amide bonds. The summed E-state index contributed by atoms with van der Waals surface area (Å²) in [6.45, 7) is 6.99. The van der Waals surface area contributed by atoms with E-state index in [0.717, 1.165) is 18.5 Å². The molecule has 2 saturated heterocycles. The maximum absolute atomic E-state index is 16.2. The third kappa shape index (κ3) is 6.93. The predicted octanol–water partition coefficient (Wildman–Crippen LogP) is 3.78. The topological polar surface area (TPSA) is 114 Å². The van der Waals surface area contributed by atoms with Crippen molar-refractivity contribution in [2.75, 3.05) is 37.1 Å². The molecule has 2 aliphatic rings. The highest BCUT2D eigenvalue weighted by Gasteiger charge is 2.38. The lowest BCUT2D eigenvalue weighted by atomic mass is 10.1. The number of anilines is 1. The maximum Gasteiger partial charge on any atom is 0.326 e. The van der Waals surface area contributed by atoms with Crippen molar-refractivity contribution in [3.8, 4) is 11.5 Å². The van der Waals surface area contributed by atoms with Gasteiger partial charge in [-0.3, -0.25) is 14.5 Å². The number of carbonyl (C=O) groups is 2. The van der Waals surface area contributed by atoms with Gasteiger partial charge in [0.25, 0.3) is 5.91 Å². The van der Waals surface area contributed by atoms with Gasteiger partial charge in [0.15, 0.2) is 5.82 Å². The molecule has 0 aromatic heterocycles. The van der Waals surface area contributed by atoms with Gasteiger partial charge in [0, 0.05) is 17.8 Å². The Morgan fingerprint density at radius 1 is 1.10 bits per heavy atom. The Balaban J connectivity index is 1.34. The van der Waals surface area contributed by atoms with E-state index in [2.05, 4.69) is 0 Å². The number of hydrogen-bond acceptors (Lipinski definition) is 8. The first kappa shape index (κ1) is 29.6. The quantitative estimate of drug-likeness (QED) is 0.370. The molecule has 2 aliphatic heterocycles. The van der Waals surface area contributed by atoms with E-state index in [9.17, 15) is 18.0 Å². The summed E-state index contributed by atoms with van der Waals surface area (Å²) >= 11 is 0. The summed E-state index contributed by atoms with van der Waals surface area (Å²) in [4.78, 5) is 26.2. The average molecular weight is 600 g/mol. The molecule has 42 heavy (non-hydrogen) atoms. The zero-order valence-corrected chi connectivity index (χ0v) is 24.6. The number of esters is 1. The molecule has 0 unspecified atom stereocenters. The summed E-state index contributed by atoms with van der Waals surface area (Å²) in [5.74, 6) is -1.30. The molecule has 10 nitrogen and oxygen atoms in total. The molecule has 2 heterocycles. The number of nitrogens with one attached hydrogen (secondary N) is 1. The fourth-order valence-corrected chi connectivity index (χ4v) is 6.23. The first-order valence-corrected chi connectivity index (χ1v) is 15.2. The van der Waals surface area contributed by atoms with E-state index in [-0.39, 0.29) is 41.9 Å². The molecule has 1 atom stereocenters. The van der Waals surface area contributed by atoms with Crippen molar-refractivity contribution in [3.05, 3.63) is 66.0 Å². The smallest absolute Gasteiger partial charge is 0.326 e. The molecule has 0 saturated carbocycles. The van der Waals surface area contributed by atoms with Gasteiger partial charge in [0.1, 0.15) is 35.9 Å². The van der Waals surface area contributed by atoms with Crippen molar-refractivity contribution in [3.63, 3.8) is 0 Å². The fraction of sp³-hybridized carbons (Fsp3) is 0.400. The number of likely N-dealkylation sites (tertiary alicyclic amines) is 1. The molecular weight excluding hydrogens is 565 g/mol. The van der Waals surface area contributed by atoms with E-state index in [4.69, 9.17) is 14.2 Å². The molecule has 12 heteroatoms. The number of halogens is 1. The van der Waals surface area contributed by atoms with Crippen molar-refractivity contribution in [1.29, 1.82) is 0 Å². The summed E-state index contributed by atoms with van der Waals surface area (Å²) < 4.78 is 61.4. The number of ether oxygens (including phenoxy) is 3. The van der Waals surface area contributed by atoms with Gasteiger partial charge in [0.05, 0.1) is 13.2 Å². The monoisotopic (exact) mass is 599 g/mol. The van der Waals surface area contributed by atoms with Crippen LogP contribution < -0.4 is 18.5 Å². The highest BCUT2D eigenvalue weighted by Crippen LogP contribution is 2.40. The molecule has 1 N–H and O–H groups in total. The van der Waals surface area contributed by atoms with Gasteiger partial charge >= 0.3 is 16.2 Å². The zero-order chi connectivity index (χ0) is 30.1. The molecule has 5 rings (SSSR count). The maximum atomic E-state index is 16.2. The van der Waals surface area contributed by atoms with Gasteiger partial charge in [-0.05, 0) is 62.9 Å². The Labute approximate surface area is 244 Å². The summed E-state index contributed by atoms with van der Waals surface area (Å²) in [6.07, 6.45) is 0.838. The van der Waals surface area contributed by atoms with Gasteiger partial charge in [-0.15, -0.1) is 0 Å². The first-order chi connectivity index (χ1) is 19.9. The van der Waals surface area contributed by atoms with Crippen LogP contribution in [0.25, 0.3) is 10.8 Å². The average Bonchev–Trinajstić information content (AvgIpc) is 3.47. The van der Waals surface area contributed by atoms with E-state index >= 15 is 4.39 Å². The van der Waals surface area contributed by atoms with E-state index in [0.29, 0.717) is 28.6 Å². The van der Waals surface area contributed by atoms with Gasteiger partial charge in [-0.2, -0.15) is 8.42 Å². The largest absolute Gasteiger partial charge is 0.493 e. The van der Waals surface area contributed by atoms with Crippen molar-refractivity contribution < 1.29 is 36.6 Å².